The number of thiazole rings is 1. The third kappa shape index (κ3) is 4.91. The molecule has 0 aliphatic rings. The number of nitrogens with zero attached hydrogens (tertiary/aromatic N) is 2. The van der Waals surface area contributed by atoms with Gasteiger partial charge in [-0.05, 0) is 30.3 Å². The number of methoxy groups -OCH3 is 1. The van der Waals surface area contributed by atoms with Crippen molar-refractivity contribution in [3.63, 3.8) is 0 Å². The molecule has 0 saturated carbocycles. The highest BCUT2D eigenvalue weighted by atomic mass is 32.2. The molecular weight excluding hydrogens is 278 g/mol. The van der Waals surface area contributed by atoms with Crippen LogP contribution in [0.25, 0.3) is 0 Å². The molecule has 19 heavy (non-hydrogen) atoms. The van der Waals surface area contributed by atoms with Crippen LogP contribution >= 0.6 is 23.1 Å². The molecule has 0 aliphatic heterocycles. The van der Waals surface area contributed by atoms with Crippen molar-refractivity contribution in [2.24, 2.45) is 0 Å². The fourth-order valence-corrected chi connectivity index (χ4v) is 3.18. The second-order valence-electron chi connectivity index (χ2n) is 4.03. The summed E-state index contributed by atoms with van der Waals surface area (Å²) in [5, 5.41) is 6.33. The molecule has 0 saturated heterocycles. The maximum absolute atomic E-state index is 4.98. The smallest absolute Gasteiger partial charge is 0.156 e. The van der Waals surface area contributed by atoms with Gasteiger partial charge >= 0.3 is 0 Å². The standard InChI is InChI=1S/C13H17N3OS2/c1-10-9-18-13(16-10)19-12-4-3-11(8-15-12)7-14-5-6-17-2/h3-4,8-9,14H,5-7H2,1-2H3. The van der Waals surface area contributed by atoms with Gasteiger partial charge in [0.2, 0.25) is 0 Å². The number of rotatable bonds is 7. The molecule has 0 amide bonds. The van der Waals surface area contributed by atoms with Gasteiger partial charge in [0.25, 0.3) is 0 Å². The maximum atomic E-state index is 4.98. The lowest BCUT2D eigenvalue weighted by atomic mass is 10.3. The zero-order valence-corrected chi connectivity index (χ0v) is 12.7. The Bertz CT molecular complexity index is 499. The SMILES string of the molecule is COCCNCc1ccc(Sc2nc(C)cs2)nc1. The highest BCUT2D eigenvalue weighted by molar-refractivity contribution is 8.01. The van der Waals surface area contributed by atoms with Gasteiger partial charge in [-0.15, -0.1) is 11.3 Å². The van der Waals surface area contributed by atoms with Crippen LogP contribution in [0.1, 0.15) is 11.3 Å². The van der Waals surface area contributed by atoms with Gasteiger partial charge < -0.3 is 10.1 Å². The maximum Gasteiger partial charge on any atom is 0.156 e. The highest BCUT2D eigenvalue weighted by Crippen LogP contribution is 2.28. The van der Waals surface area contributed by atoms with Crippen LogP contribution in [-0.2, 0) is 11.3 Å². The van der Waals surface area contributed by atoms with E-state index in [1.807, 2.05) is 19.2 Å². The van der Waals surface area contributed by atoms with Gasteiger partial charge in [0, 0.05) is 37.5 Å². The molecule has 2 rings (SSSR count). The summed E-state index contributed by atoms with van der Waals surface area (Å²) in [7, 11) is 1.70. The Balaban J connectivity index is 1.84. The van der Waals surface area contributed by atoms with Gasteiger partial charge in [-0.2, -0.15) is 0 Å². The zero-order chi connectivity index (χ0) is 13.5. The van der Waals surface area contributed by atoms with E-state index in [-0.39, 0.29) is 0 Å². The third-order valence-corrected chi connectivity index (χ3v) is 4.41. The molecule has 1 N–H and O–H groups in total. The Morgan fingerprint density at radius 2 is 2.32 bits per heavy atom. The summed E-state index contributed by atoms with van der Waals surface area (Å²) in [6.45, 7) is 4.40. The van der Waals surface area contributed by atoms with Crippen molar-refractivity contribution in [2.75, 3.05) is 20.3 Å². The van der Waals surface area contributed by atoms with Crippen LogP contribution in [0.4, 0.5) is 0 Å². The molecule has 0 fully saturated rings. The molecular formula is C13H17N3OS2. The van der Waals surface area contributed by atoms with Crippen molar-refractivity contribution in [2.45, 2.75) is 22.8 Å². The minimum Gasteiger partial charge on any atom is -0.383 e. The van der Waals surface area contributed by atoms with Gasteiger partial charge in [-0.25, -0.2) is 9.97 Å². The van der Waals surface area contributed by atoms with E-state index in [2.05, 4.69) is 26.7 Å². The number of aromatic nitrogens is 2. The largest absolute Gasteiger partial charge is 0.383 e. The van der Waals surface area contributed by atoms with Crippen LogP contribution in [0, 0.1) is 6.92 Å². The topological polar surface area (TPSA) is 47.0 Å². The predicted octanol–water partition coefficient (Wildman–Crippen LogP) is 2.73. The Hall–Kier alpha value is -0.950. The second kappa shape index (κ2) is 7.59. The van der Waals surface area contributed by atoms with Gasteiger partial charge in [-0.1, -0.05) is 6.07 Å². The van der Waals surface area contributed by atoms with Crippen molar-refractivity contribution < 1.29 is 4.74 Å². The summed E-state index contributed by atoms with van der Waals surface area (Å²) in [5.74, 6) is 0. The van der Waals surface area contributed by atoms with Crippen LogP contribution in [0.15, 0.2) is 33.1 Å². The molecule has 102 valence electrons. The molecule has 0 spiro atoms. The number of pyridine rings is 1. The molecule has 2 heterocycles. The lowest BCUT2D eigenvalue weighted by Crippen LogP contribution is -2.18. The Kier molecular flexibility index (Phi) is 5.78. The first kappa shape index (κ1) is 14.5. The van der Waals surface area contributed by atoms with E-state index in [0.717, 1.165) is 34.8 Å². The second-order valence-corrected chi connectivity index (χ2v) is 6.16. The summed E-state index contributed by atoms with van der Waals surface area (Å²) in [5.41, 5.74) is 2.24. The quantitative estimate of drug-likeness (QED) is 0.796. The van der Waals surface area contributed by atoms with E-state index < -0.39 is 0 Å². The summed E-state index contributed by atoms with van der Waals surface area (Å²) >= 11 is 3.26. The summed E-state index contributed by atoms with van der Waals surface area (Å²) in [4.78, 5) is 8.85. The number of hydrogen-bond acceptors (Lipinski definition) is 6. The number of aryl methyl sites for hydroxylation is 1. The first-order chi connectivity index (χ1) is 9.28. The average molecular weight is 295 g/mol. The first-order valence-corrected chi connectivity index (χ1v) is 7.72. The van der Waals surface area contributed by atoms with Crippen LogP contribution in [0.3, 0.4) is 0 Å². The molecule has 0 atom stereocenters. The van der Waals surface area contributed by atoms with Crippen molar-refractivity contribution >= 4 is 23.1 Å². The summed E-state index contributed by atoms with van der Waals surface area (Å²) in [6.07, 6.45) is 1.91. The summed E-state index contributed by atoms with van der Waals surface area (Å²) in [6, 6.07) is 4.13. The summed E-state index contributed by atoms with van der Waals surface area (Å²) < 4.78 is 6.02. The molecule has 0 aromatic carbocycles. The van der Waals surface area contributed by atoms with Crippen molar-refractivity contribution in [1.82, 2.24) is 15.3 Å². The van der Waals surface area contributed by atoms with Crippen molar-refractivity contribution in [3.05, 3.63) is 35.0 Å². The Morgan fingerprint density at radius 1 is 1.42 bits per heavy atom. The first-order valence-electron chi connectivity index (χ1n) is 6.02. The Morgan fingerprint density at radius 3 is 2.95 bits per heavy atom. The number of ether oxygens (including phenoxy) is 1. The van der Waals surface area contributed by atoms with E-state index in [1.54, 1.807) is 30.2 Å². The minimum absolute atomic E-state index is 0.727. The Labute approximate surface area is 121 Å². The predicted molar refractivity (Wildman–Crippen MR) is 78.8 cm³/mol. The van der Waals surface area contributed by atoms with Gasteiger partial charge in [0.15, 0.2) is 4.34 Å². The van der Waals surface area contributed by atoms with Crippen molar-refractivity contribution in [1.29, 1.82) is 0 Å². The van der Waals surface area contributed by atoms with Crippen LogP contribution in [0.5, 0.6) is 0 Å². The lowest BCUT2D eigenvalue weighted by molar-refractivity contribution is 0.199. The molecule has 0 unspecified atom stereocenters. The fraction of sp³-hybridized carbons (Fsp3) is 0.385. The van der Waals surface area contributed by atoms with Gasteiger partial charge in [-0.3, -0.25) is 0 Å². The minimum atomic E-state index is 0.727. The number of nitrogens with one attached hydrogen (secondary N) is 1. The van der Waals surface area contributed by atoms with Crippen LogP contribution < -0.4 is 5.32 Å². The molecule has 4 nitrogen and oxygen atoms in total. The van der Waals surface area contributed by atoms with E-state index in [9.17, 15) is 0 Å². The zero-order valence-electron chi connectivity index (χ0n) is 11.0. The normalized spacial score (nSPS) is 10.8. The van der Waals surface area contributed by atoms with E-state index >= 15 is 0 Å². The van der Waals surface area contributed by atoms with Crippen LogP contribution in [-0.4, -0.2) is 30.2 Å². The lowest BCUT2D eigenvalue weighted by Gasteiger charge is -2.04. The molecule has 0 aliphatic carbocycles. The average Bonchev–Trinajstić information content (AvgIpc) is 2.82. The third-order valence-electron chi connectivity index (χ3n) is 2.40. The molecule has 0 bridgehead atoms. The van der Waals surface area contributed by atoms with Crippen molar-refractivity contribution in [3.8, 4) is 0 Å². The monoisotopic (exact) mass is 295 g/mol. The molecule has 6 heteroatoms. The molecule has 2 aromatic heterocycles. The van der Waals surface area contributed by atoms with Gasteiger partial charge in [0.05, 0.1) is 6.61 Å². The van der Waals surface area contributed by atoms with E-state index in [0.29, 0.717) is 0 Å². The van der Waals surface area contributed by atoms with Crippen LogP contribution in [0.2, 0.25) is 0 Å². The molecule has 2 aromatic rings. The molecule has 0 radical (unpaired) electrons. The highest BCUT2D eigenvalue weighted by Gasteiger charge is 2.03. The van der Waals surface area contributed by atoms with E-state index in [4.69, 9.17) is 4.74 Å². The fourth-order valence-electron chi connectivity index (χ4n) is 1.45. The van der Waals surface area contributed by atoms with E-state index in [1.165, 1.54) is 5.56 Å². The van der Waals surface area contributed by atoms with Gasteiger partial charge in [0.1, 0.15) is 5.03 Å². The number of hydrogen-bond donors (Lipinski definition) is 1.